The molecule has 0 saturated heterocycles. The van der Waals surface area contributed by atoms with Gasteiger partial charge in [-0.05, 0) is 75.2 Å². The van der Waals surface area contributed by atoms with Gasteiger partial charge in [0.25, 0.3) is 0 Å². The predicted molar refractivity (Wildman–Crippen MR) is 277 cm³/mol. The van der Waals surface area contributed by atoms with Crippen molar-refractivity contribution >= 4 is 103 Å². The minimum atomic E-state index is -3.03. The summed E-state index contributed by atoms with van der Waals surface area (Å²) in [6.07, 6.45) is 0. The van der Waals surface area contributed by atoms with Crippen LogP contribution in [-0.4, -0.2) is 56.5 Å². The first-order valence-electron chi connectivity index (χ1n) is 21.3. The van der Waals surface area contributed by atoms with Crippen LogP contribution in [0.1, 0.15) is 44.4 Å². The van der Waals surface area contributed by atoms with Gasteiger partial charge in [0.15, 0.2) is 8.07 Å². The fourth-order valence-corrected chi connectivity index (χ4v) is 32.6. The number of rotatable bonds is 10. The smallest absolute Gasteiger partial charge is 0.0656 e. The van der Waals surface area contributed by atoms with Crippen LogP contribution in [0.5, 0.6) is 0 Å². The van der Waals surface area contributed by atoms with Crippen molar-refractivity contribution in [3.8, 4) is 0 Å². The van der Waals surface area contributed by atoms with Gasteiger partial charge < -0.3 is 0 Å². The Morgan fingerprint density at radius 1 is 0.309 bits per heavy atom. The number of hydrogen-bond donors (Lipinski definition) is 0. The van der Waals surface area contributed by atoms with E-state index in [1.807, 2.05) is 0 Å². The molecule has 0 unspecified atom stereocenters. The molecule has 0 amide bonds. The van der Waals surface area contributed by atoms with Crippen molar-refractivity contribution in [3.63, 3.8) is 0 Å². The van der Waals surface area contributed by atoms with E-state index in [1.54, 1.807) is 85.7 Å². The van der Waals surface area contributed by atoms with Gasteiger partial charge in [0.1, 0.15) is 0 Å². The fourth-order valence-electron chi connectivity index (χ4n) is 10.5. The molecule has 4 rings (SSSR count). The van der Waals surface area contributed by atoms with Crippen LogP contribution in [0.4, 0.5) is 0 Å². The van der Waals surface area contributed by atoms with Crippen LogP contribution in [0.15, 0.2) is 58.7 Å². The molecule has 0 radical (unpaired) electrons. The van der Waals surface area contributed by atoms with Crippen LogP contribution < -0.4 is 46.7 Å². The van der Waals surface area contributed by atoms with Gasteiger partial charge in [-0.2, -0.15) is 0 Å². The van der Waals surface area contributed by atoms with Gasteiger partial charge in [0, 0.05) is 5.54 Å². The van der Waals surface area contributed by atoms with Gasteiger partial charge in [-0.1, -0.05) is 213 Å². The molecule has 0 N–H and O–H groups in total. The second kappa shape index (κ2) is 14.7. The van der Waals surface area contributed by atoms with Gasteiger partial charge in [-0.3, -0.25) is 0 Å². The van der Waals surface area contributed by atoms with Crippen molar-refractivity contribution in [1.82, 2.24) is 0 Å². The van der Waals surface area contributed by atoms with E-state index in [1.165, 1.54) is 0 Å². The molecular formula is C48H82Si7. The van der Waals surface area contributed by atoms with Crippen molar-refractivity contribution in [3.05, 3.63) is 75.4 Å². The van der Waals surface area contributed by atoms with Crippen LogP contribution in [-0.2, 0) is 0 Å². The Kier molecular flexibility index (Phi) is 12.4. The highest BCUT2D eigenvalue weighted by Gasteiger charge is 2.56. The Morgan fingerprint density at radius 2 is 0.527 bits per heavy atom. The molecule has 0 atom stereocenters. The Bertz CT molecular complexity index is 1850. The largest absolute Gasteiger partial charge is 0.158 e. The highest BCUT2D eigenvalue weighted by atomic mass is 28.3. The first-order chi connectivity index (χ1) is 24.5. The van der Waals surface area contributed by atoms with Crippen LogP contribution in [0, 0.1) is 20.8 Å². The summed E-state index contributed by atoms with van der Waals surface area (Å²) in [7, 11) is -13.9. The maximum absolute atomic E-state index is 3.03. The van der Waals surface area contributed by atoms with E-state index in [2.05, 4.69) is 203 Å². The number of aryl methyl sites for hydroxylation is 3. The number of benzene rings is 3. The summed E-state index contributed by atoms with van der Waals surface area (Å²) in [5, 5.41) is 15.6. The summed E-state index contributed by atoms with van der Waals surface area (Å²) in [4.78, 5) is 0. The summed E-state index contributed by atoms with van der Waals surface area (Å²) in [5.41, 5.74) is 11.5. The third kappa shape index (κ3) is 8.42. The molecule has 0 spiro atoms. The first-order valence-corrected chi connectivity index (χ1v) is 44.4. The Balaban J connectivity index is 2.75. The van der Waals surface area contributed by atoms with Crippen molar-refractivity contribution < 1.29 is 0 Å². The molecule has 0 heterocycles. The quantitative estimate of drug-likeness (QED) is 0.141. The lowest BCUT2D eigenvalue weighted by molar-refractivity contribution is 1.09. The molecule has 0 aliphatic heterocycles. The fraction of sp³-hybridized carbons (Fsp3) is 0.542. The van der Waals surface area contributed by atoms with Gasteiger partial charge in [-0.15, -0.1) is 0 Å². The molecule has 302 valence electrons. The first kappa shape index (κ1) is 46.3. The maximum Gasteiger partial charge on any atom is 0.158 e. The normalized spacial score (nSPS) is 15.9. The van der Waals surface area contributed by atoms with Gasteiger partial charge >= 0.3 is 0 Å². The summed E-state index contributed by atoms with van der Waals surface area (Å²) >= 11 is 0. The Hall–Kier alpha value is -1.34. The summed E-state index contributed by atoms with van der Waals surface area (Å²) < 4.78 is 0. The zero-order valence-corrected chi connectivity index (χ0v) is 47.5. The van der Waals surface area contributed by atoms with E-state index in [4.69, 9.17) is 0 Å². The van der Waals surface area contributed by atoms with Crippen molar-refractivity contribution in [2.45, 2.75) is 172 Å². The van der Waals surface area contributed by atoms with Crippen LogP contribution in [0.3, 0.4) is 0 Å². The Labute approximate surface area is 348 Å². The SMILES string of the molecule is CC1=C(C)C([Si](c2cc([Si](C)(C)C)cc(C)c2[Si](C)(C)C)(c2cc([Si](C)(C)C)cc(C)c2[Si](C)(C)C)c2cc([Si](C)(C)C)cc(C)c2[Si](C)(C)C)C(C)=C1C. The molecule has 0 nitrogen and oxygen atoms in total. The standard InChI is InChI=1S/C48H82Si7/c1-32-26-39(49(8,9)10)29-42(45(32)52(17,18)19)55(48-37(6)35(4)36(5)38(48)7,43-30-40(50(11,12)13)27-33(2)46(43)53(20,21)22)44-31-41(51(14,15)16)28-34(3)47(44)54(23,24)25/h26-31,48H,1-25H3. The molecule has 1 aliphatic rings. The van der Waals surface area contributed by atoms with Crippen molar-refractivity contribution in [2.24, 2.45) is 0 Å². The third-order valence-electron chi connectivity index (χ3n) is 13.2. The van der Waals surface area contributed by atoms with E-state index in [9.17, 15) is 0 Å². The Morgan fingerprint density at radius 3 is 0.709 bits per heavy atom. The molecule has 7 heteroatoms. The molecule has 0 fully saturated rings. The molecule has 3 aromatic carbocycles. The second-order valence-corrected chi connectivity index (χ2v) is 58.0. The highest BCUT2D eigenvalue weighted by Crippen LogP contribution is 2.46. The summed E-state index contributed by atoms with van der Waals surface area (Å²) in [6.45, 7) is 64.9. The van der Waals surface area contributed by atoms with E-state index < -0.39 is 56.5 Å². The van der Waals surface area contributed by atoms with E-state index in [0.717, 1.165) is 0 Å². The van der Waals surface area contributed by atoms with Crippen LogP contribution in [0.25, 0.3) is 0 Å². The van der Waals surface area contributed by atoms with Gasteiger partial charge in [-0.25, -0.2) is 0 Å². The zero-order valence-electron chi connectivity index (χ0n) is 40.5. The maximum atomic E-state index is 2.91. The number of allylic oxidation sites excluding steroid dienone is 4. The lowest BCUT2D eigenvalue weighted by Crippen LogP contribution is -2.83. The van der Waals surface area contributed by atoms with E-state index in [-0.39, 0.29) is 0 Å². The molecular weight excluding hydrogens is 773 g/mol. The average molecular weight is 856 g/mol. The molecule has 55 heavy (non-hydrogen) atoms. The molecule has 3 aromatic rings. The van der Waals surface area contributed by atoms with Crippen molar-refractivity contribution in [1.29, 1.82) is 0 Å². The topological polar surface area (TPSA) is 0 Å². The van der Waals surface area contributed by atoms with Gasteiger partial charge in [0.2, 0.25) is 0 Å². The molecule has 0 saturated carbocycles. The summed E-state index contributed by atoms with van der Waals surface area (Å²) in [6, 6.07) is 16.8. The van der Waals surface area contributed by atoms with Crippen molar-refractivity contribution in [2.75, 3.05) is 0 Å². The van der Waals surface area contributed by atoms with Crippen LogP contribution in [0.2, 0.25) is 123 Å². The highest BCUT2D eigenvalue weighted by molar-refractivity contribution is 7.20. The second-order valence-electron chi connectivity index (χ2n) is 24.0. The molecule has 0 aromatic heterocycles. The summed E-state index contributed by atoms with van der Waals surface area (Å²) in [5.74, 6) is 0. The minimum absolute atomic E-state index is 0.372. The third-order valence-corrected chi connectivity index (χ3v) is 31.9. The zero-order chi connectivity index (χ0) is 42.6. The predicted octanol–water partition coefficient (Wildman–Crippen LogP) is 9.41. The minimum Gasteiger partial charge on any atom is -0.0656 e. The van der Waals surface area contributed by atoms with Crippen LogP contribution >= 0.6 is 0 Å². The number of hydrogen-bond acceptors (Lipinski definition) is 0. The van der Waals surface area contributed by atoms with E-state index in [0.29, 0.717) is 5.54 Å². The monoisotopic (exact) mass is 854 g/mol. The molecule has 0 bridgehead atoms. The lowest BCUT2D eigenvalue weighted by atomic mass is 10.1. The molecule has 1 aliphatic carbocycles. The lowest BCUT2D eigenvalue weighted by Gasteiger charge is -2.49. The van der Waals surface area contributed by atoms with Gasteiger partial charge in [0.05, 0.1) is 48.4 Å². The van der Waals surface area contributed by atoms with E-state index >= 15 is 0 Å². The average Bonchev–Trinajstić information content (AvgIpc) is 3.16.